The SMILES string of the molecule is CCCCCC/C=C\CCCCCCCC(=O)OCCCCCC/C=C\CCCC(=O)NC(CO)C(O)/C=C/CCCCCCCCCCCCCCC. The van der Waals surface area contributed by atoms with Gasteiger partial charge in [-0.25, -0.2) is 0 Å². The molecule has 6 nitrogen and oxygen atoms in total. The van der Waals surface area contributed by atoms with Crippen LogP contribution in [0.5, 0.6) is 0 Å². The Hall–Kier alpha value is -1.92. The van der Waals surface area contributed by atoms with E-state index in [4.69, 9.17) is 4.74 Å². The lowest BCUT2D eigenvalue weighted by atomic mass is 10.0. The summed E-state index contributed by atoms with van der Waals surface area (Å²) in [5.41, 5.74) is 0. The van der Waals surface area contributed by atoms with Gasteiger partial charge in [0.15, 0.2) is 0 Å². The second-order valence-electron chi connectivity index (χ2n) is 15.7. The van der Waals surface area contributed by atoms with Crippen LogP contribution >= 0.6 is 0 Å². The summed E-state index contributed by atoms with van der Waals surface area (Å²) in [5, 5.41) is 22.9. The highest BCUT2D eigenvalue weighted by molar-refractivity contribution is 5.76. The van der Waals surface area contributed by atoms with Crippen LogP contribution in [0.4, 0.5) is 0 Å². The van der Waals surface area contributed by atoms with Crippen LogP contribution in [0.1, 0.15) is 232 Å². The number of aliphatic hydroxyl groups excluding tert-OH is 2. The maximum absolute atomic E-state index is 12.4. The lowest BCUT2D eigenvalue weighted by Crippen LogP contribution is -2.45. The van der Waals surface area contributed by atoms with Gasteiger partial charge in [-0.05, 0) is 77.0 Å². The molecule has 3 N–H and O–H groups in total. The normalized spacial score (nSPS) is 13.0. The number of esters is 1. The highest BCUT2D eigenvalue weighted by Crippen LogP contribution is 2.14. The molecular formula is C48H89NO5. The molecule has 54 heavy (non-hydrogen) atoms. The number of aliphatic hydroxyl groups is 2. The summed E-state index contributed by atoms with van der Waals surface area (Å²) in [4.78, 5) is 24.4. The van der Waals surface area contributed by atoms with Gasteiger partial charge in [-0.15, -0.1) is 0 Å². The van der Waals surface area contributed by atoms with Crippen molar-refractivity contribution in [2.24, 2.45) is 0 Å². The van der Waals surface area contributed by atoms with Gasteiger partial charge < -0.3 is 20.3 Å². The second kappa shape index (κ2) is 43.8. The number of rotatable bonds is 42. The molecule has 316 valence electrons. The molecule has 6 heteroatoms. The van der Waals surface area contributed by atoms with E-state index in [-0.39, 0.29) is 18.5 Å². The van der Waals surface area contributed by atoms with E-state index in [1.165, 1.54) is 135 Å². The zero-order valence-corrected chi connectivity index (χ0v) is 35.7. The maximum Gasteiger partial charge on any atom is 0.305 e. The summed E-state index contributed by atoms with van der Waals surface area (Å²) in [7, 11) is 0. The highest BCUT2D eigenvalue weighted by Gasteiger charge is 2.17. The van der Waals surface area contributed by atoms with Crippen molar-refractivity contribution in [3.05, 3.63) is 36.5 Å². The first-order valence-electron chi connectivity index (χ1n) is 23.3. The van der Waals surface area contributed by atoms with E-state index < -0.39 is 12.1 Å². The van der Waals surface area contributed by atoms with Crippen molar-refractivity contribution in [2.45, 2.75) is 244 Å². The summed E-state index contributed by atoms with van der Waals surface area (Å²) >= 11 is 0. The second-order valence-corrected chi connectivity index (χ2v) is 15.7. The van der Waals surface area contributed by atoms with Crippen LogP contribution in [-0.4, -0.2) is 47.4 Å². The fraction of sp³-hybridized carbons (Fsp3) is 0.833. The minimum atomic E-state index is -0.875. The molecule has 0 spiro atoms. The molecule has 0 aromatic carbocycles. The molecular weight excluding hydrogens is 671 g/mol. The van der Waals surface area contributed by atoms with Crippen molar-refractivity contribution < 1.29 is 24.5 Å². The first-order chi connectivity index (χ1) is 26.5. The summed E-state index contributed by atoms with van der Waals surface area (Å²) in [5.74, 6) is -0.178. The van der Waals surface area contributed by atoms with E-state index >= 15 is 0 Å². The molecule has 0 saturated carbocycles. The predicted octanol–water partition coefficient (Wildman–Crippen LogP) is 13.3. The zero-order chi connectivity index (χ0) is 39.4. The van der Waals surface area contributed by atoms with Crippen molar-refractivity contribution in [1.29, 1.82) is 0 Å². The predicted molar refractivity (Wildman–Crippen MR) is 232 cm³/mol. The average Bonchev–Trinajstić information content (AvgIpc) is 3.17. The molecule has 0 bridgehead atoms. The summed E-state index contributed by atoms with van der Waals surface area (Å²) in [6, 6.07) is -0.665. The van der Waals surface area contributed by atoms with E-state index in [0.717, 1.165) is 70.6 Å². The third-order valence-electron chi connectivity index (χ3n) is 10.4. The number of carbonyl (C=O) groups is 2. The Labute approximate surface area is 334 Å². The van der Waals surface area contributed by atoms with Gasteiger partial charge in [-0.3, -0.25) is 9.59 Å². The van der Waals surface area contributed by atoms with E-state index in [2.05, 4.69) is 43.5 Å². The maximum atomic E-state index is 12.4. The molecule has 0 aromatic heterocycles. The van der Waals surface area contributed by atoms with Gasteiger partial charge in [0.05, 0.1) is 25.4 Å². The van der Waals surface area contributed by atoms with Crippen LogP contribution in [0.15, 0.2) is 36.5 Å². The molecule has 0 saturated heterocycles. The number of ether oxygens (including phenoxy) is 1. The molecule has 2 atom stereocenters. The Morgan fingerprint density at radius 1 is 0.500 bits per heavy atom. The van der Waals surface area contributed by atoms with Crippen molar-refractivity contribution in [3.63, 3.8) is 0 Å². The summed E-state index contributed by atoms with van der Waals surface area (Å²) in [6.07, 6.45) is 51.4. The van der Waals surface area contributed by atoms with Crippen molar-refractivity contribution in [3.8, 4) is 0 Å². The number of hydrogen-bond acceptors (Lipinski definition) is 5. The number of amides is 1. The lowest BCUT2D eigenvalue weighted by molar-refractivity contribution is -0.143. The Bertz CT molecular complexity index is 884. The molecule has 2 unspecified atom stereocenters. The summed E-state index contributed by atoms with van der Waals surface area (Å²) in [6.45, 7) is 4.77. The first kappa shape index (κ1) is 52.1. The van der Waals surface area contributed by atoms with Gasteiger partial charge in [0.1, 0.15) is 0 Å². The van der Waals surface area contributed by atoms with E-state index in [9.17, 15) is 19.8 Å². The van der Waals surface area contributed by atoms with Crippen molar-refractivity contribution in [1.82, 2.24) is 5.32 Å². The zero-order valence-electron chi connectivity index (χ0n) is 35.7. The van der Waals surface area contributed by atoms with Crippen LogP contribution in [0.25, 0.3) is 0 Å². The molecule has 0 aromatic rings. The fourth-order valence-electron chi connectivity index (χ4n) is 6.75. The number of hydrogen-bond donors (Lipinski definition) is 3. The monoisotopic (exact) mass is 760 g/mol. The minimum Gasteiger partial charge on any atom is -0.466 e. The van der Waals surface area contributed by atoms with Crippen LogP contribution in [0, 0.1) is 0 Å². The van der Waals surface area contributed by atoms with E-state index in [1.807, 2.05) is 6.08 Å². The number of unbranched alkanes of at least 4 members (excludes halogenated alkanes) is 27. The van der Waals surface area contributed by atoms with E-state index in [0.29, 0.717) is 19.4 Å². The van der Waals surface area contributed by atoms with Crippen LogP contribution in [0.2, 0.25) is 0 Å². The molecule has 0 aliphatic rings. The van der Waals surface area contributed by atoms with Gasteiger partial charge in [0.2, 0.25) is 5.91 Å². The van der Waals surface area contributed by atoms with Crippen LogP contribution in [-0.2, 0) is 14.3 Å². The van der Waals surface area contributed by atoms with Gasteiger partial charge >= 0.3 is 5.97 Å². The summed E-state index contributed by atoms with van der Waals surface area (Å²) < 4.78 is 5.41. The Kier molecular flexibility index (Phi) is 42.2. The third kappa shape index (κ3) is 39.8. The molecule has 0 radical (unpaired) electrons. The fourth-order valence-corrected chi connectivity index (χ4v) is 6.75. The van der Waals surface area contributed by atoms with E-state index in [1.54, 1.807) is 6.08 Å². The van der Waals surface area contributed by atoms with Crippen molar-refractivity contribution >= 4 is 11.9 Å². The van der Waals surface area contributed by atoms with Gasteiger partial charge in [-0.1, -0.05) is 179 Å². The first-order valence-corrected chi connectivity index (χ1v) is 23.3. The van der Waals surface area contributed by atoms with Crippen LogP contribution in [0.3, 0.4) is 0 Å². The smallest absolute Gasteiger partial charge is 0.305 e. The number of carbonyl (C=O) groups excluding carboxylic acids is 2. The standard InChI is InChI=1S/C48H89NO5/c1-3-5-7-9-11-13-15-17-18-20-21-24-28-32-36-40-46(51)45(44-50)49-47(52)41-37-33-29-25-23-27-31-35-39-43-54-48(53)42-38-34-30-26-22-19-16-14-12-10-8-6-4-2/h14,16,25,29,36,40,45-46,50-51H,3-13,15,17-24,26-28,30-35,37-39,41-44H2,1-2H3,(H,49,52)/b16-14-,29-25-,40-36+. The highest BCUT2D eigenvalue weighted by atomic mass is 16.5. The van der Waals surface area contributed by atoms with Gasteiger partial charge in [-0.2, -0.15) is 0 Å². The average molecular weight is 760 g/mol. The Balaban J connectivity index is 3.61. The third-order valence-corrected chi connectivity index (χ3v) is 10.4. The minimum absolute atomic E-state index is 0.0482. The molecule has 0 rings (SSSR count). The Morgan fingerprint density at radius 3 is 1.37 bits per heavy atom. The lowest BCUT2D eigenvalue weighted by Gasteiger charge is -2.19. The number of nitrogens with one attached hydrogen (secondary N) is 1. The molecule has 0 aliphatic heterocycles. The van der Waals surface area contributed by atoms with Gasteiger partial charge in [0.25, 0.3) is 0 Å². The molecule has 0 aliphatic carbocycles. The van der Waals surface area contributed by atoms with Gasteiger partial charge in [0, 0.05) is 12.8 Å². The molecule has 0 heterocycles. The van der Waals surface area contributed by atoms with Crippen LogP contribution < -0.4 is 5.32 Å². The Morgan fingerprint density at radius 2 is 0.889 bits per heavy atom. The number of allylic oxidation sites excluding steroid dienone is 5. The topological polar surface area (TPSA) is 95.9 Å². The quantitative estimate of drug-likeness (QED) is 0.0327. The molecule has 1 amide bonds. The largest absolute Gasteiger partial charge is 0.466 e. The van der Waals surface area contributed by atoms with Crippen molar-refractivity contribution in [2.75, 3.05) is 13.2 Å². The molecule has 0 fully saturated rings.